The summed E-state index contributed by atoms with van der Waals surface area (Å²) in [5.41, 5.74) is 4.10. The molecule has 0 spiro atoms. The van der Waals surface area contributed by atoms with E-state index in [4.69, 9.17) is 14.2 Å². The summed E-state index contributed by atoms with van der Waals surface area (Å²) >= 11 is 0. The van der Waals surface area contributed by atoms with Crippen LogP contribution in [0.5, 0.6) is 0 Å². The molecule has 0 saturated carbocycles. The summed E-state index contributed by atoms with van der Waals surface area (Å²) < 4.78 is 12.1. The van der Waals surface area contributed by atoms with Crippen LogP contribution >= 0.6 is 0 Å². The van der Waals surface area contributed by atoms with E-state index in [2.05, 4.69) is 20.8 Å². The van der Waals surface area contributed by atoms with Crippen molar-refractivity contribution in [1.82, 2.24) is 24.4 Å². The lowest BCUT2D eigenvalue weighted by Crippen LogP contribution is -2.40. The van der Waals surface area contributed by atoms with Gasteiger partial charge in [0.1, 0.15) is 0 Å². The predicted molar refractivity (Wildman–Crippen MR) is 139 cm³/mol. The van der Waals surface area contributed by atoms with Gasteiger partial charge in [-0.15, -0.1) is 0 Å². The molecule has 2 N–H and O–H groups in total. The molecule has 0 radical (unpaired) electrons. The third-order valence-electron chi connectivity index (χ3n) is 6.14. The highest BCUT2D eigenvalue weighted by atomic mass is 16.5. The van der Waals surface area contributed by atoms with Gasteiger partial charge < -0.3 is 29.2 Å². The van der Waals surface area contributed by atoms with Crippen LogP contribution in [0.3, 0.4) is 0 Å². The summed E-state index contributed by atoms with van der Waals surface area (Å²) in [5.74, 6) is 0.273. The number of carbonyl (C=O) groups is 2. The fourth-order valence-electron chi connectivity index (χ4n) is 4.22. The Morgan fingerprint density at radius 2 is 1.79 bits per heavy atom. The van der Waals surface area contributed by atoms with Gasteiger partial charge >= 0.3 is 0 Å². The Hall–Kier alpha value is -5.03. The molecule has 11 heteroatoms. The average molecular weight is 510 g/mol. The Bertz CT molecular complexity index is 1590. The Labute approximate surface area is 217 Å². The van der Waals surface area contributed by atoms with Crippen molar-refractivity contribution in [3.63, 3.8) is 0 Å². The number of hydrogen-bond donors (Lipinski definition) is 2. The Kier molecular flexibility index (Phi) is 6.24. The third-order valence-corrected chi connectivity index (χ3v) is 6.14. The molecule has 190 valence electrons. The van der Waals surface area contributed by atoms with Gasteiger partial charge in [0.15, 0.2) is 11.5 Å². The molecule has 1 fully saturated rings. The number of rotatable bonds is 6. The SMILES string of the molecule is O=C(Nc1cccc(-c2cn3ccnc3c(Nc3ccc(C(=O)N4CCOCC4)cc3)n2)c1)c1ccno1. The van der Waals surface area contributed by atoms with E-state index in [1.807, 2.05) is 47.1 Å². The van der Waals surface area contributed by atoms with Crippen molar-refractivity contribution in [3.8, 4) is 11.3 Å². The van der Waals surface area contributed by atoms with Crippen LogP contribution < -0.4 is 10.6 Å². The third kappa shape index (κ3) is 4.82. The van der Waals surface area contributed by atoms with Crippen molar-refractivity contribution >= 4 is 34.7 Å². The van der Waals surface area contributed by atoms with Gasteiger partial charge in [-0.05, 0) is 36.4 Å². The minimum absolute atomic E-state index is 0.00842. The minimum atomic E-state index is -0.393. The maximum absolute atomic E-state index is 12.8. The largest absolute Gasteiger partial charge is 0.378 e. The number of morpholine rings is 1. The first-order valence-corrected chi connectivity index (χ1v) is 12.0. The number of nitrogens with zero attached hydrogens (tertiary/aromatic N) is 5. The van der Waals surface area contributed by atoms with E-state index in [9.17, 15) is 9.59 Å². The summed E-state index contributed by atoms with van der Waals surface area (Å²) in [7, 11) is 0. The number of aromatic nitrogens is 4. The fraction of sp³-hybridized carbons (Fsp3) is 0.148. The minimum Gasteiger partial charge on any atom is -0.378 e. The highest BCUT2D eigenvalue weighted by molar-refractivity contribution is 6.02. The monoisotopic (exact) mass is 509 g/mol. The molecular formula is C27H23N7O4. The van der Waals surface area contributed by atoms with E-state index in [0.717, 1.165) is 11.3 Å². The molecule has 2 amide bonds. The summed E-state index contributed by atoms with van der Waals surface area (Å²) in [6, 6.07) is 16.1. The highest BCUT2D eigenvalue weighted by Crippen LogP contribution is 2.27. The zero-order valence-corrected chi connectivity index (χ0v) is 20.2. The number of hydrogen-bond acceptors (Lipinski definition) is 8. The van der Waals surface area contributed by atoms with Crippen molar-refractivity contribution in [2.75, 3.05) is 36.9 Å². The summed E-state index contributed by atoms with van der Waals surface area (Å²) in [6.45, 7) is 2.31. The van der Waals surface area contributed by atoms with Gasteiger partial charge in [0.25, 0.3) is 11.8 Å². The van der Waals surface area contributed by atoms with Gasteiger partial charge in [-0.25, -0.2) is 9.97 Å². The quantitative estimate of drug-likeness (QED) is 0.353. The average Bonchev–Trinajstić information content (AvgIpc) is 3.67. The second-order valence-electron chi connectivity index (χ2n) is 8.65. The Balaban J connectivity index is 1.24. The summed E-state index contributed by atoms with van der Waals surface area (Å²) in [5, 5.41) is 9.70. The number of ether oxygens (including phenoxy) is 1. The molecule has 11 nitrogen and oxygen atoms in total. The summed E-state index contributed by atoms with van der Waals surface area (Å²) in [4.78, 5) is 36.2. The highest BCUT2D eigenvalue weighted by Gasteiger charge is 2.18. The molecule has 0 bridgehead atoms. The van der Waals surface area contributed by atoms with Crippen molar-refractivity contribution < 1.29 is 18.8 Å². The van der Waals surface area contributed by atoms with Crippen LogP contribution in [0.15, 0.2) is 83.9 Å². The molecular weight excluding hydrogens is 486 g/mol. The second kappa shape index (κ2) is 10.1. The molecule has 1 aliphatic heterocycles. The number of carbonyl (C=O) groups excluding carboxylic acids is 2. The molecule has 5 aromatic rings. The van der Waals surface area contributed by atoms with Gasteiger partial charge in [-0.1, -0.05) is 17.3 Å². The Morgan fingerprint density at radius 3 is 2.58 bits per heavy atom. The predicted octanol–water partition coefficient (Wildman–Crippen LogP) is 3.85. The van der Waals surface area contributed by atoms with Crippen LogP contribution in [0.25, 0.3) is 16.9 Å². The lowest BCUT2D eigenvalue weighted by molar-refractivity contribution is 0.0303. The van der Waals surface area contributed by atoms with E-state index >= 15 is 0 Å². The lowest BCUT2D eigenvalue weighted by Gasteiger charge is -2.26. The number of anilines is 3. The fourth-order valence-corrected chi connectivity index (χ4v) is 4.22. The van der Waals surface area contributed by atoms with Crippen molar-refractivity contribution in [3.05, 3.63) is 90.7 Å². The van der Waals surface area contributed by atoms with Crippen LogP contribution in [0.4, 0.5) is 17.2 Å². The maximum atomic E-state index is 12.8. The van der Waals surface area contributed by atoms with Crippen LogP contribution in [-0.2, 0) is 4.74 Å². The molecule has 1 saturated heterocycles. The molecule has 1 aliphatic rings. The molecule has 0 unspecified atom stereocenters. The van der Waals surface area contributed by atoms with E-state index in [-0.39, 0.29) is 11.7 Å². The van der Waals surface area contributed by atoms with Crippen LogP contribution in [0.1, 0.15) is 20.9 Å². The zero-order chi connectivity index (χ0) is 25.9. The van der Waals surface area contributed by atoms with Crippen molar-refractivity contribution in [2.45, 2.75) is 0 Å². The first-order valence-electron chi connectivity index (χ1n) is 12.0. The van der Waals surface area contributed by atoms with Gasteiger partial charge in [0, 0.05) is 60.2 Å². The topological polar surface area (TPSA) is 127 Å². The molecule has 0 aliphatic carbocycles. The molecule has 0 atom stereocenters. The van der Waals surface area contributed by atoms with Crippen LogP contribution in [0, 0.1) is 0 Å². The molecule has 3 aromatic heterocycles. The van der Waals surface area contributed by atoms with Gasteiger partial charge in [-0.3, -0.25) is 9.59 Å². The first-order chi connectivity index (χ1) is 18.6. The number of fused-ring (bicyclic) bond motifs is 1. The molecule has 4 heterocycles. The van der Waals surface area contributed by atoms with E-state index in [1.165, 1.54) is 12.3 Å². The zero-order valence-electron chi connectivity index (χ0n) is 20.2. The van der Waals surface area contributed by atoms with E-state index < -0.39 is 5.91 Å². The van der Waals surface area contributed by atoms with Gasteiger partial charge in [-0.2, -0.15) is 0 Å². The van der Waals surface area contributed by atoms with E-state index in [0.29, 0.717) is 54.7 Å². The number of imidazole rings is 1. The first kappa shape index (κ1) is 23.4. The molecule has 6 rings (SSSR count). The Morgan fingerprint density at radius 1 is 0.947 bits per heavy atom. The molecule has 2 aromatic carbocycles. The number of amides is 2. The van der Waals surface area contributed by atoms with Gasteiger partial charge in [0.2, 0.25) is 5.76 Å². The van der Waals surface area contributed by atoms with Crippen molar-refractivity contribution in [2.24, 2.45) is 0 Å². The van der Waals surface area contributed by atoms with Crippen LogP contribution in [-0.4, -0.2) is 62.5 Å². The van der Waals surface area contributed by atoms with E-state index in [1.54, 1.807) is 29.3 Å². The maximum Gasteiger partial charge on any atom is 0.294 e. The standard InChI is InChI=1S/C27H23N7O4/c35-26(23-8-9-29-38-23)31-21-3-1-2-19(16-21)22-17-34-11-10-28-25(34)24(32-22)30-20-6-4-18(5-7-20)27(36)33-12-14-37-15-13-33/h1-11,16-17H,12-15H2,(H,30,32)(H,31,35). The lowest BCUT2D eigenvalue weighted by atomic mass is 10.1. The van der Waals surface area contributed by atoms with Gasteiger partial charge in [0.05, 0.1) is 25.1 Å². The van der Waals surface area contributed by atoms with Crippen LogP contribution in [0.2, 0.25) is 0 Å². The normalized spacial score (nSPS) is 13.4. The number of benzene rings is 2. The smallest absolute Gasteiger partial charge is 0.294 e. The van der Waals surface area contributed by atoms with Crippen molar-refractivity contribution in [1.29, 1.82) is 0 Å². The number of nitrogens with one attached hydrogen (secondary N) is 2. The molecule has 38 heavy (non-hydrogen) atoms. The summed E-state index contributed by atoms with van der Waals surface area (Å²) in [6.07, 6.45) is 6.82. The second-order valence-corrected chi connectivity index (χ2v) is 8.65.